The maximum atomic E-state index is 10.5. The maximum absolute atomic E-state index is 10.5. The van der Waals surface area contributed by atoms with Gasteiger partial charge >= 0.3 is 5.97 Å². The highest BCUT2D eigenvalue weighted by molar-refractivity contribution is 9.10. The Morgan fingerprint density at radius 3 is 2.75 bits per heavy atom. The zero-order valence-corrected chi connectivity index (χ0v) is 9.86. The van der Waals surface area contributed by atoms with Crippen LogP contribution in [0, 0.1) is 0 Å². The van der Waals surface area contributed by atoms with E-state index in [1.165, 1.54) is 0 Å². The van der Waals surface area contributed by atoms with Gasteiger partial charge in [0.1, 0.15) is 12.4 Å². The summed E-state index contributed by atoms with van der Waals surface area (Å²) in [6, 6.07) is 7.67. The van der Waals surface area contributed by atoms with Crippen LogP contribution in [0.1, 0.15) is 0 Å². The summed E-state index contributed by atoms with van der Waals surface area (Å²) in [7, 11) is 0. The van der Waals surface area contributed by atoms with Crippen molar-refractivity contribution in [2.75, 3.05) is 11.9 Å². The second kappa shape index (κ2) is 4.49. The van der Waals surface area contributed by atoms with Crippen LogP contribution in [0.5, 0.6) is 0 Å². The minimum absolute atomic E-state index is 0.140. The molecule has 0 spiro atoms. The molecule has 82 valence electrons. The third-order valence-electron chi connectivity index (χ3n) is 2.15. The van der Waals surface area contributed by atoms with E-state index < -0.39 is 5.97 Å². The first-order valence-corrected chi connectivity index (χ1v) is 5.46. The molecule has 0 radical (unpaired) electrons. The first-order valence-electron chi connectivity index (χ1n) is 4.67. The molecule has 2 rings (SSSR count). The van der Waals surface area contributed by atoms with Crippen molar-refractivity contribution in [3.63, 3.8) is 0 Å². The fourth-order valence-corrected chi connectivity index (χ4v) is 1.91. The van der Waals surface area contributed by atoms with Crippen molar-refractivity contribution in [2.45, 2.75) is 0 Å². The summed E-state index contributed by atoms with van der Waals surface area (Å²) >= 11 is 3.40. The smallest absolute Gasteiger partial charge is 0.322 e. The molecule has 0 aliphatic carbocycles. The molecule has 0 aliphatic rings. The number of carboxylic acid groups (broad SMARTS) is 1. The number of carbonyl (C=O) groups is 1. The lowest BCUT2D eigenvalue weighted by Gasteiger charge is -2.07. The highest BCUT2D eigenvalue weighted by Gasteiger charge is 2.05. The minimum atomic E-state index is -0.909. The fourth-order valence-electron chi connectivity index (χ4n) is 1.46. The van der Waals surface area contributed by atoms with Crippen molar-refractivity contribution in [3.8, 4) is 0 Å². The minimum Gasteiger partial charge on any atom is -0.480 e. The summed E-state index contributed by atoms with van der Waals surface area (Å²) in [5, 5.41) is 13.3. The number of anilines is 1. The van der Waals surface area contributed by atoms with Crippen LogP contribution >= 0.6 is 15.9 Å². The molecule has 5 heteroatoms. The largest absolute Gasteiger partial charge is 0.480 e. The van der Waals surface area contributed by atoms with Crippen molar-refractivity contribution in [1.29, 1.82) is 0 Å². The quantitative estimate of drug-likeness (QED) is 0.907. The number of halogens is 1. The summed E-state index contributed by atoms with van der Waals surface area (Å²) in [5.74, 6) is -0.324. The van der Waals surface area contributed by atoms with Gasteiger partial charge in [-0.2, -0.15) is 0 Å². The van der Waals surface area contributed by atoms with Crippen LogP contribution in [-0.2, 0) is 4.79 Å². The molecular weight excluding hydrogens is 272 g/mol. The first kappa shape index (κ1) is 10.9. The maximum Gasteiger partial charge on any atom is 0.322 e. The Labute approximate surface area is 100 Å². The van der Waals surface area contributed by atoms with Gasteiger partial charge in [0.25, 0.3) is 0 Å². The third kappa shape index (κ3) is 2.14. The van der Waals surface area contributed by atoms with E-state index in [0.717, 1.165) is 15.2 Å². The lowest BCUT2D eigenvalue weighted by Crippen LogP contribution is -2.13. The van der Waals surface area contributed by atoms with Gasteiger partial charge in [-0.05, 0) is 15.9 Å². The van der Waals surface area contributed by atoms with Gasteiger partial charge in [0.05, 0.1) is 0 Å². The fraction of sp³-hybridized carbons (Fsp3) is 0.0909. The van der Waals surface area contributed by atoms with E-state index in [2.05, 4.69) is 26.2 Å². The number of nitrogens with one attached hydrogen (secondary N) is 1. The van der Waals surface area contributed by atoms with E-state index >= 15 is 0 Å². The van der Waals surface area contributed by atoms with E-state index in [1.54, 1.807) is 6.20 Å². The van der Waals surface area contributed by atoms with Crippen molar-refractivity contribution in [2.24, 2.45) is 0 Å². The molecule has 16 heavy (non-hydrogen) atoms. The van der Waals surface area contributed by atoms with Gasteiger partial charge in [0.15, 0.2) is 0 Å². The van der Waals surface area contributed by atoms with E-state index in [0.29, 0.717) is 5.82 Å². The molecule has 0 saturated carbocycles. The third-order valence-corrected chi connectivity index (χ3v) is 2.79. The topological polar surface area (TPSA) is 62.2 Å². The SMILES string of the molecule is O=C(O)CNc1ncc(Br)c2ccccc12. The Balaban J connectivity index is 2.46. The molecule has 0 fully saturated rings. The van der Waals surface area contributed by atoms with E-state index in [9.17, 15) is 4.79 Å². The normalized spacial score (nSPS) is 10.3. The zero-order valence-electron chi connectivity index (χ0n) is 8.27. The number of aliphatic carboxylic acids is 1. The van der Waals surface area contributed by atoms with Gasteiger partial charge in [-0.25, -0.2) is 4.98 Å². The van der Waals surface area contributed by atoms with Gasteiger partial charge in [-0.1, -0.05) is 24.3 Å². The second-order valence-electron chi connectivity index (χ2n) is 3.25. The molecule has 0 unspecified atom stereocenters. The van der Waals surface area contributed by atoms with Crippen LogP contribution in [0.15, 0.2) is 34.9 Å². The second-order valence-corrected chi connectivity index (χ2v) is 4.10. The van der Waals surface area contributed by atoms with E-state index in [4.69, 9.17) is 5.11 Å². The van der Waals surface area contributed by atoms with Crippen LogP contribution in [0.3, 0.4) is 0 Å². The molecule has 0 amide bonds. The van der Waals surface area contributed by atoms with Crippen LogP contribution in [-0.4, -0.2) is 22.6 Å². The Hall–Kier alpha value is -1.62. The number of fused-ring (bicyclic) bond motifs is 1. The molecule has 2 N–H and O–H groups in total. The number of rotatable bonds is 3. The molecule has 1 aromatic heterocycles. The van der Waals surface area contributed by atoms with Gasteiger partial charge in [0.2, 0.25) is 0 Å². The number of hydrogen-bond donors (Lipinski definition) is 2. The van der Waals surface area contributed by atoms with Crippen molar-refractivity contribution in [3.05, 3.63) is 34.9 Å². The van der Waals surface area contributed by atoms with Crippen LogP contribution < -0.4 is 5.32 Å². The number of carboxylic acids is 1. The molecule has 1 aromatic carbocycles. The van der Waals surface area contributed by atoms with Crippen molar-refractivity contribution in [1.82, 2.24) is 4.98 Å². The highest BCUT2D eigenvalue weighted by Crippen LogP contribution is 2.27. The number of pyridine rings is 1. The average molecular weight is 281 g/mol. The number of aromatic nitrogens is 1. The first-order chi connectivity index (χ1) is 7.68. The Morgan fingerprint density at radius 2 is 2.06 bits per heavy atom. The number of hydrogen-bond acceptors (Lipinski definition) is 3. The number of benzene rings is 1. The number of nitrogens with zero attached hydrogens (tertiary/aromatic N) is 1. The molecule has 0 atom stereocenters. The molecule has 0 bridgehead atoms. The Morgan fingerprint density at radius 1 is 1.38 bits per heavy atom. The highest BCUT2D eigenvalue weighted by atomic mass is 79.9. The van der Waals surface area contributed by atoms with Crippen LogP contribution in [0.25, 0.3) is 10.8 Å². The predicted octanol–water partition coefficient (Wildman–Crippen LogP) is 2.49. The Kier molecular flexibility index (Phi) is 3.05. The Bertz CT molecular complexity index is 542. The molecule has 1 heterocycles. The van der Waals surface area contributed by atoms with Crippen molar-refractivity contribution >= 4 is 38.5 Å². The van der Waals surface area contributed by atoms with E-state index in [1.807, 2.05) is 24.3 Å². The molecule has 0 aliphatic heterocycles. The predicted molar refractivity (Wildman–Crippen MR) is 65.6 cm³/mol. The standard InChI is InChI=1S/C11H9BrN2O2/c12-9-5-13-11(14-6-10(15)16)8-4-2-1-3-7(8)9/h1-5H,6H2,(H,13,14)(H,15,16). The van der Waals surface area contributed by atoms with Gasteiger partial charge in [0, 0.05) is 21.4 Å². The molecule has 4 nitrogen and oxygen atoms in total. The molecule has 0 saturated heterocycles. The van der Waals surface area contributed by atoms with Crippen LogP contribution in [0.2, 0.25) is 0 Å². The monoisotopic (exact) mass is 280 g/mol. The summed E-state index contributed by atoms with van der Waals surface area (Å²) < 4.78 is 0.893. The summed E-state index contributed by atoms with van der Waals surface area (Å²) in [6.45, 7) is -0.140. The average Bonchev–Trinajstić information content (AvgIpc) is 2.28. The van der Waals surface area contributed by atoms with Gasteiger partial charge in [-0.15, -0.1) is 0 Å². The van der Waals surface area contributed by atoms with Crippen molar-refractivity contribution < 1.29 is 9.90 Å². The van der Waals surface area contributed by atoms with Crippen LogP contribution in [0.4, 0.5) is 5.82 Å². The lowest BCUT2D eigenvalue weighted by atomic mass is 10.1. The molecule has 2 aromatic rings. The summed E-state index contributed by atoms with van der Waals surface area (Å²) in [6.07, 6.45) is 1.66. The summed E-state index contributed by atoms with van der Waals surface area (Å²) in [4.78, 5) is 14.6. The van der Waals surface area contributed by atoms with Gasteiger partial charge in [-0.3, -0.25) is 4.79 Å². The lowest BCUT2D eigenvalue weighted by molar-refractivity contribution is -0.134. The van der Waals surface area contributed by atoms with E-state index in [-0.39, 0.29) is 6.54 Å². The summed E-state index contributed by atoms with van der Waals surface area (Å²) in [5.41, 5.74) is 0. The molecular formula is C11H9BrN2O2. The van der Waals surface area contributed by atoms with Gasteiger partial charge < -0.3 is 10.4 Å². The zero-order chi connectivity index (χ0) is 11.5.